The highest BCUT2D eigenvalue weighted by atomic mass is 32.1. The fraction of sp³-hybridized carbons (Fsp3) is 0.462. The van der Waals surface area contributed by atoms with E-state index in [1.165, 1.54) is 0 Å². The van der Waals surface area contributed by atoms with Gasteiger partial charge in [-0.25, -0.2) is 0 Å². The third kappa shape index (κ3) is 3.78. The molecule has 2 heterocycles. The molecule has 1 amide bonds. The van der Waals surface area contributed by atoms with Gasteiger partial charge in [0, 0.05) is 28.9 Å². The van der Waals surface area contributed by atoms with Crippen molar-refractivity contribution in [2.24, 2.45) is 11.5 Å². The van der Waals surface area contributed by atoms with E-state index in [0.717, 1.165) is 17.0 Å². The maximum atomic E-state index is 11.4. The van der Waals surface area contributed by atoms with Gasteiger partial charge in [0.05, 0.1) is 19.8 Å². The van der Waals surface area contributed by atoms with Crippen LogP contribution in [0.15, 0.2) is 11.4 Å². The first-order valence-corrected chi connectivity index (χ1v) is 6.96. The van der Waals surface area contributed by atoms with E-state index < -0.39 is 0 Å². The molecule has 5 nitrogen and oxygen atoms in total. The lowest BCUT2D eigenvalue weighted by atomic mass is 10.2. The second-order valence-electron chi connectivity index (χ2n) is 4.27. The van der Waals surface area contributed by atoms with Crippen LogP contribution in [0.5, 0.6) is 0 Å². The van der Waals surface area contributed by atoms with E-state index in [1.807, 2.05) is 11.4 Å². The molecule has 102 valence electrons. The molecule has 1 aliphatic heterocycles. The predicted octanol–water partition coefficient (Wildman–Crippen LogP) is -0.256. The Bertz CT molecular complexity index is 503. The summed E-state index contributed by atoms with van der Waals surface area (Å²) in [5.74, 6) is 5.49. The second kappa shape index (κ2) is 6.68. The molecule has 0 bridgehead atoms. The number of primary amides is 1. The zero-order chi connectivity index (χ0) is 13.7. The van der Waals surface area contributed by atoms with E-state index in [0.29, 0.717) is 26.3 Å². The predicted molar refractivity (Wildman–Crippen MR) is 74.5 cm³/mol. The molecule has 1 saturated heterocycles. The highest BCUT2D eigenvalue weighted by molar-refractivity contribution is 7.10. The number of morpholine rings is 1. The minimum absolute atomic E-state index is 0.334. The van der Waals surface area contributed by atoms with Crippen molar-refractivity contribution in [3.05, 3.63) is 21.9 Å². The van der Waals surface area contributed by atoms with Gasteiger partial charge in [-0.3, -0.25) is 9.69 Å². The first kappa shape index (κ1) is 14.0. The van der Waals surface area contributed by atoms with Gasteiger partial charge < -0.3 is 16.2 Å². The number of hydrogen-bond donors (Lipinski definition) is 2. The summed E-state index contributed by atoms with van der Waals surface area (Å²) in [6.07, 6.45) is 0. The van der Waals surface area contributed by atoms with Crippen LogP contribution in [0, 0.1) is 11.8 Å². The average molecular weight is 279 g/mol. The Morgan fingerprint density at radius 1 is 1.63 bits per heavy atom. The molecule has 19 heavy (non-hydrogen) atoms. The molecule has 6 heteroatoms. The van der Waals surface area contributed by atoms with Gasteiger partial charge in [-0.05, 0) is 6.07 Å². The van der Waals surface area contributed by atoms with Crippen LogP contribution in [0.2, 0.25) is 0 Å². The van der Waals surface area contributed by atoms with Crippen LogP contribution in [0.3, 0.4) is 0 Å². The number of nitrogens with zero attached hydrogens (tertiary/aromatic N) is 1. The third-order valence-electron chi connectivity index (χ3n) is 2.92. The zero-order valence-corrected chi connectivity index (χ0v) is 11.4. The lowest BCUT2D eigenvalue weighted by Gasteiger charge is -2.32. The maximum Gasteiger partial charge on any atom is 0.237 e. The van der Waals surface area contributed by atoms with Crippen LogP contribution in [-0.2, 0) is 16.1 Å². The van der Waals surface area contributed by atoms with E-state index in [2.05, 4.69) is 16.7 Å². The Morgan fingerprint density at radius 3 is 3.21 bits per heavy atom. The lowest BCUT2D eigenvalue weighted by molar-refractivity contribution is -0.129. The van der Waals surface area contributed by atoms with Crippen molar-refractivity contribution in [3.8, 4) is 11.8 Å². The molecule has 1 aromatic heterocycles. The van der Waals surface area contributed by atoms with Crippen LogP contribution < -0.4 is 11.5 Å². The second-order valence-corrected chi connectivity index (χ2v) is 5.27. The topological polar surface area (TPSA) is 81.6 Å². The Balaban J connectivity index is 2.02. The summed E-state index contributed by atoms with van der Waals surface area (Å²) in [6, 6.07) is 1.69. The molecule has 4 N–H and O–H groups in total. The minimum atomic E-state index is -0.338. The van der Waals surface area contributed by atoms with Crippen molar-refractivity contribution >= 4 is 17.2 Å². The van der Waals surface area contributed by atoms with Crippen molar-refractivity contribution in [1.29, 1.82) is 0 Å². The molecule has 0 spiro atoms. The summed E-state index contributed by atoms with van der Waals surface area (Å²) < 4.78 is 5.29. The van der Waals surface area contributed by atoms with Gasteiger partial charge in [-0.15, -0.1) is 11.3 Å². The summed E-state index contributed by atoms with van der Waals surface area (Å²) in [7, 11) is 0. The quantitative estimate of drug-likeness (QED) is 0.747. The summed E-state index contributed by atoms with van der Waals surface area (Å²) in [5, 5.41) is 2.00. The van der Waals surface area contributed by atoms with Gasteiger partial charge in [0.2, 0.25) is 5.91 Å². The van der Waals surface area contributed by atoms with E-state index >= 15 is 0 Å². The van der Waals surface area contributed by atoms with Gasteiger partial charge >= 0.3 is 0 Å². The van der Waals surface area contributed by atoms with E-state index in [4.69, 9.17) is 16.2 Å². The number of nitrogens with two attached hydrogens (primary N) is 2. The van der Waals surface area contributed by atoms with Gasteiger partial charge in [-0.2, -0.15) is 0 Å². The Kier molecular flexibility index (Phi) is 4.93. The van der Waals surface area contributed by atoms with E-state index in [-0.39, 0.29) is 11.9 Å². The summed E-state index contributed by atoms with van der Waals surface area (Å²) in [5.41, 5.74) is 11.7. The molecule has 1 fully saturated rings. The first-order chi connectivity index (χ1) is 9.20. The molecule has 0 aromatic carbocycles. The molecule has 0 radical (unpaired) electrons. The maximum absolute atomic E-state index is 11.4. The Morgan fingerprint density at radius 2 is 2.47 bits per heavy atom. The Labute approximate surface area is 116 Å². The first-order valence-electron chi connectivity index (χ1n) is 6.08. The molecule has 0 aliphatic carbocycles. The van der Waals surface area contributed by atoms with Gasteiger partial charge in [0.1, 0.15) is 6.04 Å². The standard InChI is InChI=1S/C13H17N3O2S/c14-3-1-2-10-6-11(19-9-10)7-16-4-5-18-8-12(16)13(15)17/h6,9,12H,3-5,7-8,14H2,(H2,15,17). The van der Waals surface area contributed by atoms with Gasteiger partial charge in [-0.1, -0.05) is 11.8 Å². The number of ether oxygens (including phenoxy) is 1. The molecule has 1 aliphatic rings. The average Bonchev–Trinajstić information content (AvgIpc) is 2.84. The molecule has 1 atom stereocenters. The number of carbonyl (C=O) groups excluding carboxylic acids is 1. The summed E-state index contributed by atoms with van der Waals surface area (Å²) in [4.78, 5) is 14.6. The fourth-order valence-corrected chi connectivity index (χ4v) is 2.81. The van der Waals surface area contributed by atoms with E-state index in [1.54, 1.807) is 11.3 Å². The molecule has 1 unspecified atom stereocenters. The lowest BCUT2D eigenvalue weighted by Crippen LogP contribution is -2.51. The molecular formula is C13H17N3O2S. The zero-order valence-electron chi connectivity index (χ0n) is 10.6. The van der Waals surface area contributed by atoms with Crippen molar-refractivity contribution in [2.45, 2.75) is 12.6 Å². The summed E-state index contributed by atoms with van der Waals surface area (Å²) in [6.45, 7) is 2.79. The molecule has 1 aromatic rings. The highest BCUT2D eigenvalue weighted by Gasteiger charge is 2.27. The summed E-state index contributed by atoms with van der Waals surface area (Å²) >= 11 is 1.63. The van der Waals surface area contributed by atoms with Gasteiger partial charge in [0.15, 0.2) is 0 Å². The van der Waals surface area contributed by atoms with Crippen LogP contribution in [0.1, 0.15) is 10.4 Å². The minimum Gasteiger partial charge on any atom is -0.378 e. The van der Waals surface area contributed by atoms with Crippen LogP contribution in [0.4, 0.5) is 0 Å². The number of carbonyl (C=O) groups is 1. The van der Waals surface area contributed by atoms with E-state index in [9.17, 15) is 4.79 Å². The van der Waals surface area contributed by atoms with Gasteiger partial charge in [0.25, 0.3) is 0 Å². The smallest absolute Gasteiger partial charge is 0.237 e. The number of amides is 1. The van der Waals surface area contributed by atoms with Crippen molar-refractivity contribution in [2.75, 3.05) is 26.3 Å². The molecule has 0 saturated carbocycles. The third-order valence-corrected chi connectivity index (χ3v) is 3.84. The van der Waals surface area contributed by atoms with Crippen LogP contribution >= 0.6 is 11.3 Å². The van der Waals surface area contributed by atoms with Crippen LogP contribution in [-0.4, -0.2) is 43.2 Å². The molecular weight excluding hydrogens is 262 g/mol. The van der Waals surface area contributed by atoms with Crippen molar-refractivity contribution in [3.63, 3.8) is 0 Å². The normalized spacial score (nSPS) is 19.7. The molecule has 2 rings (SSSR count). The SMILES string of the molecule is NCC#Cc1csc(CN2CCOCC2C(N)=O)c1. The fourth-order valence-electron chi connectivity index (χ4n) is 1.97. The monoisotopic (exact) mass is 279 g/mol. The number of thiophene rings is 1. The largest absolute Gasteiger partial charge is 0.378 e. The number of hydrogen-bond acceptors (Lipinski definition) is 5. The highest BCUT2D eigenvalue weighted by Crippen LogP contribution is 2.18. The van der Waals surface area contributed by atoms with Crippen molar-refractivity contribution < 1.29 is 9.53 Å². The number of rotatable bonds is 3. The van der Waals surface area contributed by atoms with Crippen LogP contribution in [0.25, 0.3) is 0 Å². The van der Waals surface area contributed by atoms with Crippen molar-refractivity contribution in [1.82, 2.24) is 4.90 Å². The Hall–Kier alpha value is -1.39.